The standard InChI is InChI=1S/C28H44N6O5S/c1-4-22(5-2)26(36)31-28(30)32-16-13-21(14-17-32)19-34(40(3,38)39)24(18-20-10-7-6-8-11-20)27(37)33-15-9-12-23(33)25(29)35/h6-8,10-11,21-24H,4-5,9,12-19H2,1-3H3,(H2,29,35)(H2,30,31,36)/t23-,24+/m0/s1. The molecule has 0 bridgehead atoms. The smallest absolute Gasteiger partial charge is 0.251 e. The number of rotatable bonds is 11. The Balaban J connectivity index is 1.79. The number of sulfonamides is 1. The number of carbonyl (C=O) groups excluding carboxylic acids is 3. The Kier molecular flexibility index (Phi) is 11.1. The quantitative estimate of drug-likeness (QED) is 0.297. The van der Waals surface area contributed by atoms with Crippen molar-refractivity contribution in [3.63, 3.8) is 0 Å². The second kappa shape index (κ2) is 14.1. The molecule has 2 heterocycles. The summed E-state index contributed by atoms with van der Waals surface area (Å²) in [6.45, 7) is 5.48. The fourth-order valence-electron chi connectivity index (χ4n) is 5.67. The lowest BCUT2D eigenvalue weighted by atomic mass is 9.95. The average Bonchev–Trinajstić information content (AvgIpc) is 3.42. The van der Waals surface area contributed by atoms with Crippen molar-refractivity contribution in [2.24, 2.45) is 28.3 Å². The molecule has 2 aliphatic rings. The Morgan fingerprint density at radius 3 is 2.20 bits per heavy atom. The summed E-state index contributed by atoms with van der Waals surface area (Å²) in [5, 5.41) is 0. The molecule has 0 spiro atoms. The molecule has 2 aliphatic heterocycles. The third-order valence-corrected chi connectivity index (χ3v) is 9.39. The minimum atomic E-state index is -3.79. The number of amides is 3. The van der Waals surface area contributed by atoms with Crippen molar-refractivity contribution in [2.75, 3.05) is 32.4 Å². The molecule has 4 N–H and O–H groups in total. The third kappa shape index (κ3) is 8.03. The molecule has 2 saturated heterocycles. The molecule has 12 heteroatoms. The van der Waals surface area contributed by atoms with E-state index in [1.165, 1.54) is 9.21 Å². The summed E-state index contributed by atoms with van der Waals surface area (Å²) in [5.74, 6) is -1.17. The van der Waals surface area contributed by atoms with Crippen molar-refractivity contribution >= 4 is 33.7 Å². The van der Waals surface area contributed by atoms with Crippen molar-refractivity contribution in [1.29, 1.82) is 0 Å². The molecule has 2 atom stereocenters. The zero-order valence-corrected chi connectivity index (χ0v) is 24.7. The highest BCUT2D eigenvalue weighted by molar-refractivity contribution is 7.88. The summed E-state index contributed by atoms with van der Waals surface area (Å²) >= 11 is 0. The van der Waals surface area contributed by atoms with E-state index in [0.717, 1.165) is 11.8 Å². The van der Waals surface area contributed by atoms with Crippen molar-refractivity contribution in [1.82, 2.24) is 14.1 Å². The number of nitrogens with two attached hydrogens (primary N) is 2. The highest BCUT2D eigenvalue weighted by Crippen LogP contribution is 2.26. The van der Waals surface area contributed by atoms with Crippen molar-refractivity contribution < 1.29 is 22.8 Å². The molecule has 0 saturated carbocycles. The Morgan fingerprint density at radius 2 is 1.65 bits per heavy atom. The molecule has 40 heavy (non-hydrogen) atoms. The van der Waals surface area contributed by atoms with Crippen molar-refractivity contribution in [3.8, 4) is 0 Å². The van der Waals surface area contributed by atoms with E-state index in [0.29, 0.717) is 58.2 Å². The molecular formula is C28H44N6O5S. The Bertz CT molecular complexity index is 1160. The van der Waals surface area contributed by atoms with Gasteiger partial charge in [-0.05, 0) is 56.4 Å². The number of likely N-dealkylation sites (tertiary alicyclic amines) is 2. The van der Waals surface area contributed by atoms with Crippen molar-refractivity contribution in [2.45, 2.75) is 70.9 Å². The highest BCUT2D eigenvalue weighted by Gasteiger charge is 2.41. The van der Waals surface area contributed by atoms with Crippen LogP contribution in [0.25, 0.3) is 0 Å². The summed E-state index contributed by atoms with van der Waals surface area (Å²) in [7, 11) is -3.79. The number of carbonyl (C=O) groups is 3. The fourth-order valence-corrected chi connectivity index (χ4v) is 6.78. The SMILES string of the molecule is CCC(CC)C(=O)N=C(N)N1CCC(CN([C@H](Cc2ccccc2)C(=O)N2CCC[C@H]2C(N)=O)S(C)(=O)=O)CC1. The summed E-state index contributed by atoms with van der Waals surface area (Å²) in [4.78, 5) is 45.8. The van der Waals surface area contributed by atoms with Crippen LogP contribution in [0.2, 0.25) is 0 Å². The van der Waals surface area contributed by atoms with Gasteiger partial charge in [0.2, 0.25) is 21.8 Å². The van der Waals surface area contributed by atoms with Crippen LogP contribution in [0.4, 0.5) is 0 Å². The first-order valence-corrected chi connectivity index (χ1v) is 16.0. The fraction of sp³-hybridized carbons (Fsp3) is 0.643. The number of piperidine rings is 1. The van der Waals surface area contributed by atoms with Gasteiger partial charge in [-0.25, -0.2) is 8.42 Å². The van der Waals surface area contributed by atoms with E-state index >= 15 is 0 Å². The Morgan fingerprint density at radius 1 is 1.02 bits per heavy atom. The van der Waals surface area contributed by atoms with Gasteiger partial charge in [0.05, 0.1) is 6.26 Å². The van der Waals surface area contributed by atoms with E-state index in [9.17, 15) is 22.8 Å². The van der Waals surface area contributed by atoms with Crippen LogP contribution in [0.3, 0.4) is 0 Å². The molecular weight excluding hydrogens is 532 g/mol. The highest BCUT2D eigenvalue weighted by atomic mass is 32.2. The topological polar surface area (TPSA) is 159 Å². The van der Waals surface area contributed by atoms with Gasteiger partial charge in [0.15, 0.2) is 5.96 Å². The molecule has 11 nitrogen and oxygen atoms in total. The molecule has 0 aliphatic carbocycles. The van der Waals surface area contributed by atoms with Crippen molar-refractivity contribution in [3.05, 3.63) is 35.9 Å². The van der Waals surface area contributed by atoms with Gasteiger partial charge in [-0.3, -0.25) is 14.4 Å². The molecule has 3 amide bonds. The Labute approximate surface area is 238 Å². The van der Waals surface area contributed by atoms with E-state index in [2.05, 4.69) is 4.99 Å². The number of benzene rings is 1. The van der Waals surface area contributed by atoms with Crippen LogP contribution in [0, 0.1) is 11.8 Å². The van der Waals surface area contributed by atoms with Gasteiger partial charge in [0, 0.05) is 32.1 Å². The van der Waals surface area contributed by atoms with E-state index < -0.39 is 33.9 Å². The summed E-state index contributed by atoms with van der Waals surface area (Å²) < 4.78 is 27.6. The first-order chi connectivity index (χ1) is 19.0. The third-order valence-electron chi connectivity index (χ3n) is 8.13. The van der Waals surface area contributed by atoms with E-state index in [-0.39, 0.29) is 36.7 Å². The Hall–Kier alpha value is -2.99. The number of hydrogen-bond donors (Lipinski definition) is 2. The van der Waals surface area contributed by atoms with Crippen LogP contribution in [0.5, 0.6) is 0 Å². The summed E-state index contributed by atoms with van der Waals surface area (Å²) in [5.41, 5.74) is 12.6. The normalized spacial score (nSPS) is 19.8. The predicted molar refractivity (Wildman–Crippen MR) is 154 cm³/mol. The molecule has 2 fully saturated rings. The van der Waals surface area contributed by atoms with Crippen LogP contribution in [-0.4, -0.2) is 90.7 Å². The summed E-state index contributed by atoms with van der Waals surface area (Å²) in [6, 6.07) is 7.54. The molecule has 1 aromatic carbocycles. The van der Waals surface area contributed by atoms with Crippen LogP contribution >= 0.6 is 0 Å². The predicted octanol–water partition coefficient (Wildman–Crippen LogP) is 1.33. The first kappa shape index (κ1) is 31.5. The minimum absolute atomic E-state index is 0.0231. The number of guanidine groups is 1. The first-order valence-electron chi connectivity index (χ1n) is 14.2. The molecule has 0 aromatic heterocycles. The molecule has 222 valence electrons. The zero-order valence-electron chi connectivity index (χ0n) is 23.9. The van der Waals surface area contributed by atoms with Gasteiger partial charge in [0.25, 0.3) is 5.91 Å². The van der Waals surface area contributed by atoms with Crippen LogP contribution in [0.15, 0.2) is 35.3 Å². The second-order valence-electron chi connectivity index (χ2n) is 10.9. The van der Waals surface area contributed by atoms with E-state index in [4.69, 9.17) is 11.5 Å². The van der Waals surface area contributed by atoms with Gasteiger partial charge >= 0.3 is 0 Å². The summed E-state index contributed by atoms with van der Waals surface area (Å²) in [6.07, 6.45) is 5.08. The molecule has 0 unspecified atom stereocenters. The number of aliphatic imine (C=N–C) groups is 1. The molecule has 3 rings (SSSR count). The minimum Gasteiger partial charge on any atom is -0.369 e. The van der Waals surface area contributed by atoms with E-state index in [1.54, 1.807) is 0 Å². The van der Waals surface area contributed by atoms with Crippen LogP contribution in [0.1, 0.15) is 57.9 Å². The van der Waals surface area contributed by atoms with Gasteiger partial charge in [-0.15, -0.1) is 0 Å². The van der Waals surface area contributed by atoms with Crippen LogP contribution in [-0.2, 0) is 30.8 Å². The number of primary amides is 1. The molecule has 1 aromatic rings. The average molecular weight is 577 g/mol. The zero-order chi connectivity index (χ0) is 29.4. The molecule has 0 radical (unpaired) electrons. The van der Waals surface area contributed by atoms with E-state index in [1.807, 2.05) is 49.1 Å². The van der Waals surface area contributed by atoms with Crippen LogP contribution < -0.4 is 11.5 Å². The van der Waals surface area contributed by atoms with Gasteiger partial charge in [-0.1, -0.05) is 44.2 Å². The maximum Gasteiger partial charge on any atom is 0.251 e. The monoisotopic (exact) mass is 576 g/mol. The van der Waals surface area contributed by atoms with Gasteiger partial charge < -0.3 is 21.3 Å². The number of hydrogen-bond acceptors (Lipinski definition) is 5. The maximum absolute atomic E-state index is 13.9. The largest absolute Gasteiger partial charge is 0.369 e. The lowest BCUT2D eigenvalue weighted by Crippen LogP contribution is -2.56. The second-order valence-corrected chi connectivity index (χ2v) is 12.8. The van der Waals surface area contributed by atoms with Gasteiger partial charge in [0.1, 0.15) is 12.1 Å². The maximum atomic E-state index is 13.9. The number of nitrogens with zero attached hydrogens (tertiary/aromatic N) is 4. The van der Waals surface area contributed by atoms with Gasteiger partial charge in [-0.2, -0.15) is 9.30 Å². The lowest BCUT2D eigenvalue weighted by molar-refractivity contribution is -0.140. The lowest BCUT2D eigenvalue weighted by Gasteiger charge is -2.38.